The van der Waals surface area contributed by atoms with Crippen LogP contribution in [0.5, 0.6) is 5.75 Å². The predicted octanol–water partition coefficient (Wildman–Crippen LogP) is 2.76. The van der Waals surface area contributed by atoms with Crippen LogP contribution < -0.4 is 4.74 Å². The first-order valence-electron chi connectivity index (χ1n) is 5.50. The first kappa shape index (κ1) is 11.0. The third kappa shape index (κ3) is 1.91. The summed E-state index contributed by atoms with van der Waals surface area (Å²) in [5.74, 6) is 0.870. The molecule has 0 saturated heterocycles. The van der Waals surface area contributed by atoms with E-state index in [2.05, 4.69) is 4.98 Å². The lowest BCUT2D eigenvalue weighted by molar-refractivity contribution is 0.243. The minimum absolute atomic E-state index is 0.0425. The van der Waals surface area contributed by atoms with Crippen molar-refractivity contribution in [1.82, 2.24) is 4.98 Å². The molecule has 0 aliphatic carbocycles. The number of aryl methyl sites for hydroxylation is 1. The van der Waals surface area contributed by atoms with Gasteiger partial charge in [0.05, 0.1) is 12.7 Å². The SMILES string of the molecule is Cc1c(CO)[nH]c2ccc(OC(C)C)cc12. The molecule has 0 fully saturated rings. The average molecular weight is 219 g/mol. The summed E-state index contributed by atoms with van der Waals surface area (Å²) in [6.45, 7) is 6.06. The van der Waals surface area contributed by atoms with E-state index in [-0.39, 0.29) is 12.7 Å². The van der Waals surface area contributed by atoms with E-state index in [1.54, 1.807) is 0 Å². The summed E-state index contributed by atoms with van der Waals surface area (Å²) in [4.78, 5) is 3.19. The van der Waals surface area contributed by atoms with Gasteiger partial charge in [0.15, 0.2) is 0 Å². The van der Waals surface area contributed by atoms with Crippen molar-refractivity contribution in [1.29, 1.82) is 0 Å². The Balaban J connectivity index is 2.48. The molecule has 3 nitrogen and oxygen atoms in total. The summed E-state index contributed by atoms with van der Waals surface area (Å²) in [7, 11) is 0. The molecule has 1 aromatic carbocycles. The van der Waals surface area contributed by atoms with Crippen molar-refractivity contribution >= 4 is 10.9 Å². The van der Waals surface area contributed by atoms with Gasteiger partial charge in [-0.2, -0.15) is 0 Å². The van der Waals surface area contributed by atoms with Crippen LogP contribution >= 0.6 is 0 Å². The molecule has 0 saturated carbocycles. The lowest BCUT2D eigenvalue weighted by atomic mass is 10.1. The highest BCUT2D eigenvalue weighted by Gasteiger charge is 2.08. The number of H-pyrrole nitrogens is 1. The fraction of sp³-hybridized carbons (Fsp3) is 0.385. The number of aromatic nitrogens is 1. The van der Waals surface area contributed by atoms with Gasteiger partial charge in [-0.05, 0) is 44.5 Å². The van der Waals surface area contributed by atoms with Crippen molar-refractivity contribution in [3.63, 3.8) is 0 Å². The second-order valence-electron chi connectivity index (χ2n) is 4.26. The van der Waals surface area contributed by atoms with Crippen molar-refractivity contribution in [2.24, 2.45) is 0 Å². The normalized spacial score (nSPS) is 11.3. The molecular weight excluding hydrogens is 202 g/mol. The zero-order chi connectivity index (χ0) is 11.7. The summed E-state index contributed by atoms with van der Waals surface area (Å²) in [5.41, 5.74) is 3.00. The molecule has 2 aromatic rings. The predicted molar refractivity (Wildman–Crippen MR) is 64.7 cm³/mol. The Kier molecular flexibility index (Phi) is 2.88. The number of aliphatic hydroxyl groups excluding tert-OH is 1. The number of fused-ring (bicyclic) bond motifs is 1. The van der Waals surface area contributed by atoms with Gasteiger partial charge in [-0.3, -0.25) is 0 Å². The second kappa shape index (κ2) is 4.18. The van der Waals surface area contributed by atoms with Crippen molar-refractivity contribution in [3.8, 4) is 5.75 Å². The largest absolute Gasteiger partial charge is 0.491 e. The Morgan fingerprint density at radius 3 is 2.75 bits per heavy atom. The van der Waals surface area contributed by atoms with Gasteiger partial charge in [-0.15, -0.1) is 0 Å². The quantitative estimate of drug-likeness (QED) is 0.833. The number of hydrogen-bond donors (Lipinski definition) is 2. The van der Waals surface area contributed by atoms with Crippen molar-refractivity contribution in [3.05, 3.63) is 29.5 Å². The van der Waals surface area contributed by atoms with E-state index >= 15 is 0 Å². The average Bonchev–Trinajstić information content (AvgIpc) is 2.55. The summed E-state index contributed by atoms with van der Waals surface area (Å²) >= 11 is 0. The number of hydrogen-bond acceptors (Lipinski definition) is 2. The molecule has 86 valence electrons. The van der Waals surface area contributed by atoms with Crippen molar-refractivity contribution in [2.45, 2.75) is 33.5 Å². The van der Waals surface area contributed by atoms with Crippen LogP contribution in [-0.4, -0.2) is 16.2 Å². The van der Waals surface area contributed by atoms with Crippen molar-refractivity contribution in [2.75, 3.05) is 0 Å². The standard InChI is InChI=1S/C13H17NO2/c1-8(2)16-10-4-5-12-11(6-10)9(3)13(7-15)14-12/h4-6,8,14-15H,7H2,1-3H3. The molecule has 0 radical (unpaired) electrons. The highest BCUT2D eigenvalue weighted by molar-refractivity contribution is 5.85. The third-order valence-corrected chi connectivity index (χ3v) is 2.66. The maximum absolute atomic E-state index is 9.17. The Hall–Kier alpha value is -1.48. The molecule has 0 amide bonds. The van der Waals surface area contributed by atoms with Crippen LogP contribution in [0.15, 0.2) is 18.2 Å². The van der Waals surface area contributed by atoms with Gasteiger partial charge < -0.3 is 14.8 Å². The number of aliphatic hydroxyl groups is 1. The van der Waals surface area contributed by atoms with Gasteiger partial charge in [-0.1, -0.05) is 0 Å². The second-order valence-corrected chi connectivity index (χ2v) is 4.26. The van der Waals surface area contributed by atoms with E-state index in [9.17, 15) is 5.11 Å². The molecule has 0 unspecified atom stereocenters. The summed E-state index contributed by atoms with van der Waals surface area (Å²) in [6, 6.07) is 5.94. The molecule has 0 aliphatic heterocycles. The zero-order valence-corrected chi connectivity index (χ0v) is 9.87. The number of nitrogens with one attached hydrogen (secondary N) is 1. The van der Waals surface area contributed by atoms with E-state index in [4.69, 9.17) is 4.74 Å². The molecule has 0 bridgehead atoms. The number of aromatic amines is 1. The van der Waals surface area contributed by atoms with Gasteiger partial charge in [0.25, 0.3) is 0 Å². The molecule has 1 aromatic heterocycles. The highest BCUT2D eigenvalue weighted by Crippen LogP contribution is 2.26. The van der Waals surface area contributed by atoms with Crippen LogP contribution in [0, 0.1) is 6.92 Å². The molecule has 0 atom stereocenters. The molecule has 2 N–H and O–H groups in total. The van der Waals surface area contributed by atoms with Gasteiger partial charge in [0.2, 0.25) is 0 Å². The maximum atomic E-state index is 9.17. The van der Waals surface area contributed by atoms with Crippen LogP contribution in [0.1, 0.15) is 25.1 Å². The van der Waals surface area contributed by atoms with E-state index < -0.39 is 0 Å². The highest BCUT2D eigenvalue weighted by atomic mass is 16.5. The van der Waals surface area contributed by atoms with E-state index in [0.29, 0.717) is 0 Å². The number of rotatable bonds is 3. The van der Waals surface area contributed by atoms with E-state index in [0.717, 1.165) is 27.9 Å². The molecule has 1 heterocycles. The molecule has 2 rings (SSSR count). The molecular formula is C13H17NO2. The van der Waals surface area contributed by atoms with Crippen LogP contribution in [-0.2, 0) is 6.61 Å². The Bertz CT molecular complexity index is 500. The Labute approximate surface area is 95.1 Å². The maximum Gasteiger partial charge on any atom is 0.120 e. The van der Waals surface area contributed by atoms with Gasteiger partial charge in [0.1, 0.15) is 5.75 Å². The fourth-order valence-electron chi connectivity index (χ4n) is 1.87. The molecule has 0 spiro atoms. The lowest BCUT2D eigenvalue weighted by Crippen LogP contribution is -2.05. The molecule has 16 heavy (non-hydrogen) atoms. The number of ether oxygens (including phenoxy) is 1. The minimum atomic E-state index is 0.0425. The zero-order valence-electron chi connectivity index (χ0n) is 9.87. The fourth-order valence-corrected chi connectivity index (χ4v) is 1.87. The van der Waals surface area contributed by atoms with Gasteiger partial charge in [-0.25, -0.2) is 0 Å². The van der Waals surface area contributed by atoms with E-state index in [1.165, 1.54) is 0 Å². The van der Waals surface area contributed by atoms with Crippen LogP contribution in [0.25, 0.3) is 10.9 Å². The summed E-state index contributed by atoms with van der Waals surface area (Å²) < 4.78 is 5.64. The van der Waals surface area contributed by atoms with Crippen LogP contribution in [0.4, 0.5) is 0 Å². The topological polar surface area (TPSA) is 45.2 Å². The third-order valence-electron chi connectivity index (χ3n) is 2.66. The van der Waals surface area contributed by atoms with Crippen molar-refractivity contribution < 1.29 is 9.84 Å². The van der Waals surface area contributed by atoms with Crippen LogP contribution in [0.3, 0.4) is 0 Å². The van der Waals surface area contributed by atoms with Crippen LogP contribution in [0.2, 0.25) is 0 Å². The van der Waals surface area contributed by atoms with E-state index in [1.807, 2.05) is 39.0 Å². The molecule has 3 heteroatoms. The minimum Gasteiger partial charge on any atom is -0.491 e. The Morgan fingerprint density at radius 1 is 1.38 bits per heavy atom. The molecule has 0 aliphatic rings. The lowest BCUT2D eigenvalue weighted by Gasteiger charge is -2.09. The van der Waals surface area contributed by atoms with Gasteiger partial charge >= 0.3 is 0 Å². The Morgan fingerprint density at radius 2 is 2.12 bits per heavy atom. The smallest absolute Gasteiger partial charge is 0.120 e. The first-order chi connectivity index (χ1) is 7.61. The first-order valence-corrected chi connectivity index (χ1v) is 5.50. The van der Waals surface area contributed by atoms with Gasteiger partial charge in [0, 0.05) is 16.6 Å². The summed E-state index contributed by atoms with van der Waals surface area (Å²) in [6.07, 6.45) is 0.175. The monoisotopic (exact) mass is 219 g/mol. The number of benzene rings is 1. The summed E-state index contributed by atoms with van der Waals surface area (Å²) in [5, 5.41) is 10.3.